The van der Waals surface area contributed by atoms with Crippen molar-refractivity contribution < 1.29 is 9.59 Å². The quantitative estimate of drug-likeness (QED) is 0.889. The van der Waals surface area contributed by atoms with Crippen molar-refractivity contribution in [1.82, 2.24) is 15.1 Å². The van der Waals surface area contributed by atoms with Crippen molar-refractivity contribution >= 4 is 33.4 Å². The third-order valence-electron chi connectivity index (χ3n) is 3.01. The maximum absolute atomic E-state index is 12.3. The fourth-order valence-corrected chi connectivity index (χ4v) is 2.24. The first-order valence-electron chi connectivity index (χ1n) is 6.26. The monoisotopic (exact) mass is 350 g/mol. The summed E-state index contributed by atoms with van der Waals surface area (Å²) < 4.78 is 2.34. The van der Waals surface area contributed by atoms with Crippen LogP contribution in [0.5, 0.6) is 0 Å². The average molecular weight is 351 g/mol. The largest absolute Gasteiger partial charge is 0.354 e. The van der Waals surface area contributed by atoms with E-state index in [1.807, 2.05) is 0 Å². The molecule has 0 aliphatic carbocycles. The minimum absolute atomic E-state index is 0.288. The summed E-state index contributed by atoms with van der Waals surface area (Å²) in [7, 11) is 3.19. The number of hydrogen-bond donors (Lipinski definition) is 2. The molecule has 2 aromatic rings. The maximum atomic E-state index is 12.3. The number of benzene rings is 1. The molecule has 1 heterocycles. The first-order valence-corrected chi connectivity index (χ1v) is 7.06. The Morgan fingerprint density at radius 1 is 1.19 bits per heavy atom. The zero-order chi connectivity index (χ0) is 15.6. The first-order chi connectivity index (χ1) is 9.93. The Morgan fingerprint density at radius 3 is 2.38 bits per heavy atom. The molecule has 1 aromatic carbocycles. The molecule has 2 N–H and O–H groups in total. The van der Waals surface area contributed by atoms with Crippen LogP contribution in [0.4, 0.5) is 5.69 Å². The molecule has 6 nitrogen and oxygen atoms in total. The van der Waals surface area contributed by atoms with Gasteiger partial charge in [-0.05, 0) is 31.2 Å². The molecule has 110 valence electrons. The van der Waals surface area contributed by atoms with Crippen molar-refractivity contribution in [2.75, 3.05) is 12.4 Å². The van der Waals surface area contributed by atoms with Crippen LogP contribution in [0, 0.1) is 6.92 Å². The van der Waals surface area contributed by atoms with Crippen LogP contribution in [0.2, 0.25) is 0 Å². The van der Waals surface area contributed by atoms with Crippen LogP contribution in [0.1, 0.15) is 26.5 Å². The van der Waals surface area contributed by atoms with E-state index in [2.05, 4.69) is 31.7 Å². The van der Waals surface area contributed by atoms with Crippen LogP contribution in [0.25, 0.3) is 0 Å². The molecule has 21 heavy (non-hydrogen) atoms. The molecule has 0 saturated carbocycles. The number of carbonyl (C=O) groups is 2. The van der Waals surface area contributed by atoms with Crippen molar-refractivity contribution in [2.45, 2.75) is 6.92 Å². The molecular formula is C14H15BrN4O2. The predicted molar refractivity (Wildman–Crippen MR) is 83.4 cm³/mol. The average Bonchev–Trinajstić information content (AvgIpc) is 2.73. The Bertz CT molecular complexity index is 692. The molecule has 0 spiro atoms. The zero-order valence-corrected chi connectivity index (χ0v) is 13.5. The van der Waals surface area contributed by atoms with Crippen molar-refractivity contribution in [1.29, 1.82) is 0 Å². The summed E-state index contributed by atoms with van der Waals surface area (Å²) >= 11 is 3.32. The lowest BCUT2D eigenvalue weighted by Crippen LogP contribution is -2.23. The number of amides is 2. The van der Waals surface area contributed by atoms with Gasteiger partial charge in [0.15, 0.2) is 0 Å². The SMILES string of the molecule is CNC(=O)c1c(NC(=O)c2ccc(Br)cc2)c(C)nn1C. The lowest BCUT2D eigenvalue weighted by atomic mass is 10.2. The van der Waals surface area contributed by atoms with Gasteiger partial charge >= 0.3 is 0 Å². The van der Waals surface area contributed by atoms with Crippen LogP contribution in [0.15, 0.2) is 28.7 Å². The minimum Gasteiger partial charge on any atom is -0.354 e. The molecule has 0 bridgehead atoms. The molecule has 0 fully saturated rings. The lowest BCUT2D eigenvalue weighted by Gasteiger charge is -2.07. The van der Waals surface area contributed by atoms with Gasteiger partial charge in [0, 0.05) is 24.1 Å². The fourth-order valence-electron chi connectivity index (χ4n) is 1.97. The Labute approximate surface area is 130 Å². The van der Waals surface area contributed by atoms with E-state index >= 15 is 0 Å². The number of anilines is 1. The van der Waals surface area contributed by atoms with Crippen LogP contribution >= 0.6 is 15.9 Å². The molecule has 1 aromatic heterocycles. The third kappa shape index (κ3) is 3.13. The molecule has 0 aliphatic heterocycles. The van der Waals surface area contributed by atoms with E-state index in [0.29, 0.717) is 22.6 Å². The summed E-state index contributed by atoms with van der Waals surface area (Å²) in [5.74, 6) is -0.590. The van der Waals surface area contributed by atoms with E-state index in [0.717, 1.165) is 4.47 Å². The van der Waals surface area contributed by atoms with Crippen LogP contribution < -0.4 is 10.6 Å². The Hall–Kier alpha value is -2.15. The molecule has 0 unspecified atom stereocenters. The van der Waals surface area contributed by atoms with E-state index in [1.54, 1.807) is 38.2 Å². The van der Waals surface area contributed by atoms with Gasteiger partial charge in [-0.3, -0.25) is 14.3 Å². The molecule has 2 amide bonds. The number of aryl methyl sites for hydroxylation is 2. The number of carbonyl (C=O) groups excluding carboxylic acids is 2. The normalized spacial score (nSPS) is 10.3. The van der Waals surface area contributed by atoms with E-state index in [4.69, 9.17) is 0 Å². The van der Waals surface area contributed by atoms with Gasteiger partial charge < -0.3 is 10.6 Å². The van der Waals surface area contributed by atoms with Gasteiger partial charge in [-0.15, -0.1) is 0 Å². The highest BCUT2D eigenvalue weighted by molar-refractivity contribution is 9.10. The van der Waals surface area contributed by atoms with E-state index < -0.39 is 0 Å². The number of nitrogens with zero attached hydrogens (tertiary/aromatic N) is 2. The van der Waals surface area contributed by atoms with E-state index in [9.17, 15) is 9.59 Å². The van der Waals surface area contributed by atoms with Crippen molar-refractivity contribution in [3.8, 4) is 0 Å². The van der Waals surface area contributed by atoms with E-state index in [-0.39, 0.29) is 11.8 Å². The fraction of sp³-hybridized carbons (Fsp3) is 0.214. The molecule has 0 saturated heterocycles. The second-order valence-electron chi connectivity index (χ2n) is 4.47. The molecule has 0 aliphatic rings. The molecule has 7 heteroatoms. The molecule has 0 atom stereocenters. The van der Waals surface area contributed by atoms with Gasteiger partial charge in [0.25, 0.3) is 11.8 Å². The highest BCUT2D eigenvalue weighted by Gasteiger charge is 2.21. The third-order valence-corrected chi connectivity index (χ3v) is 3.54. The van der Waals surface area contributed by atoms with Gasteiger partial charge in [0.2, 0.25) is 0 Å². The van der Waals surface area contributed by atoms with Gasteiger partial charge in [-0.2, -0.15) is 5.10 Å². The Kier molecular flexibility index (Phi) is 4.42. The van der Waals surface area contributed by atoms with Gasteiger partial charge in [-0.1, -0.05) is 15.9 Å². The van der Waals surface area contributed by atoms with Crippen molar-refractivity contribution in [3.05, 3.63) is 45.7 Å². The predicted octanol–water partition coefficient (Wildman–Crippen LogP) is 2.10. The van der Waals surface area contributed by atoms with Gasteiger partial charge in [0.1, 0.15) is 5.69 Å². The highest BCUT2D eigenvalue weighted by Crippen LogP contribution is 2.21. The second kappa shape index (κ2) is 6.09. The molecule has 0 radical (unpaired) electrons. The number of rotatable bonds is 3. The Morgan fingerprint density at radius 2 is 1.81 bits per heavy atom. The maximum Gasteiger partial charge on any atom is 0.271 e. The standard InChI is InChI=1S/C14H15BrN4O2/c1-8-11(12(14(21)16-2)19(3)18-8)17-13(20)9-4-6-10(15)7-5-9/h4-7H,1-3H3,(H,16,21)(H,17,20). The number of aromatic nitrogens is 2. The summed E-state index contributed by atoms with van der Waals surface area (Å²) in [5.41, 5.74) is 1.83. The smallest absolute Gasteiger partial charge is 0.271 e. The first kappa shape index (κ1) is 15.2. The summed E-state index contributed by atoms with van der Waals surface area (Å²) in [5, 5.41) is 9.47. The lowest BCUT2D eigenvalue weighted by molar-refractivity contribution is 0.0954. The highest BCUT2D eigenvalue weighted by atomic mass is 79.9. The van der Waals surface area contributed by atoms with Crippen LogP contribution in [-0.4, -0.2) is 28.6 Å². The Balaban J connectivity index is 2.33. The number of halogens is 1. The van der Waals surface area contributed by atoms with E-state index in [1.165, 1.54) is 11.7 Å². The summed E-state index contributed by atoms with van der Waals surface area (Å²) in [6.07, 6.45) is 0. The minimum atomic E-state index is -0.302. The van der Waals surface area contributed by atoms with Crippen molar-refractivity contribution in [2.24, 2.45) is 7.05 Å². The summed E-state index contributed by atoms with van der Waals surface area (Å²) in [6.45, 7) is 1.74. The topological polar surface area (TPSA) is 76.0 Å². The van der Waals surface area contributed by atoms with Gasteiger partial charge in [-0.25, -0.2) is 0 Å². The number of nitrogens with one attached hydrogen (secondary N) is 2. The zero-order valence-electron chi connectivity index (χ0n) is 11.9. The second-order valence-corrected chi connectivity index (χ2v) is 5.39. The molecular weight excluding hydrogens is 336 g/mol. The van der Waals surface area contributed by atoms with Gasteiger partial charge in [0.05, 0.1) is 11.4 Å². The molecule has 2 rings (SSSR count). The summed E-state index contributed by atoms with van der Waals surface area (Å²) in [6, 6.07) is 6.96. The van der Waals surface area contributed by atoms with Crippen LogP contribution in [-0.2, 0) is 7.05 Å². The summed E-state index contributed by atoms with van der Waals surface area (Å²) in [4.78, 5) is 24.2. The van der Waals surface area contributed by atoms with Crippen LogP contribution in [0.3, 0.4) is 0 Å². The number of hydrogen-bond acceptors (Lipinski definition) is 3. The van der Waals surface area contributed by atoms with Crippen molar-refractivity contribution in [3.63, 3.8) is 0 Å².